The number of aliphatic hydroxyl groups excluding tert-OH is 2. The fourth-order valence-corrected chi connectivity index (χ4v) is 4.31. The number of sulfonamides is 1. The zero-order valence-corrected chi connectivity index (χ0v) is 11.7. The molecule has 1 heterocycles. The topological polar surface area (TPSA) is 86.6 Å². The SMILES string of the molecule is Cc1cc(S(=O)(=O)NC(C)(CO)CO)c(C)s1. The smallest absolute Gasteiger partial charge is 0.242 e. The van der Waals surface area contributed by atoms with Gasteiger partial charge >= 0.3 is 0 Å². The summed E-state index contributed by atoms with van der Waals surface area (Å²) < 4.78 is 26.5. The average molecular weight is 279 g/mol. The van der Waals surface area contributed by atoms with Gasteiger partial charge in [0.2, 0.25) is 10.0 Å². The molecule has 0 aliphatic heterocycles. The van der Waals surface area contributed by atoms with Crippen LogP contribution in [0.3, 0.4) is 0 Å². The van der Waals surface area contributed by atoms with Crippen LogP contribution >= 0.6 is 11.3 Å². The molecule has 0 unspecified atom stereocenters. The van der Waals surface area contributed by atoms with E-state index in [-0.39, 0.29) is 4.90 Å². The van der Waals surface area contributed by atoms with E-state index in [4.69, 9.17) is 10.2 Å². The van der Waals surface area contributed by atoms with Crippen LogP contribution in [-0.4, -0.2) is 37.4 Å². The van der Waals surface area contributed by atoms with E-state index in [0.717, 1.165) is 4.88 Å². The van der Waals surface area contributed by atoms with E-state index < -0.39 is 28.8 Å². The van der Waals surface area contributed by atoms with Gasteiger partial charge in [-0.1, -0.05) is 0 Å². The summed E-state index contributed by atoms with van der Waals surface area (Å²) >= 11 is 1.39. The summed E-state index contributed by atoms with van der Waals surface area (Å²) in [7, 11) is -3.71. The summed E-state index contributed by atoms with van der Waals surface area (Å²) in [6.45, 7) is 4.06. The van der Waals surface area contributed by atoms with Crippen LogP contribution in [0.5, 0.6) is 0 Å². The zero-order valence-electron chi connectivity index (χ0n) is 10.0. The minimum Gasteiger partial charge on any atom is -0.394 e. The van der Waals surface area contributed by atoms with Gasteiger partial charge in [0.15, 0.2) is 0 Å². The third kappa shape index (κ3) is 3.26. The van der Waals surface area contributed by atoms with Gasteiger partial charge in [-0.05, 0) is 26.8 Å². The van der Waals surface area contributed by atoms with Crippen molar-refractivity contribution in [1.29, 1.82) is 0 Å². The quantitative estimate of drug-likeness (QED) is 0.727. The number of thiophene rings is 1. The summed E-state index contributed by atoms with van der Waals surface area (Å²) in [5.41, 5.74) is -1.25. The lowest BCUT2D eigenvalue weighted by Crippen LogP contribution is -2.51. The molecule has 0 fully saturated rings. The molecule has 0 aromatic carbocycles. The number of hydrogen-bond donors (Lipinski definition) is 3. The van der Waals surface area contributed by atoms with Crippen LogP contribution in [0.1, 0.15) is 16.7 Å². The van der Waals surface area contributed by atoms with Crippen LogP contribution in [0, 0.1) is 13.8 Å². The molecule has 0 bridgehead atoms. The van der Waals surface area contributed by atoms with Crippen molar-refractivity contribution in [3.05, 3.63) is 15.8 Å². The van der Waals surface area contributed by atoms with E-state index >= 15 is 0 Å². The molecule has 1 rings (SSSR count). The molecule has 0 spiro atoms. The highest BCUT2D eigenvalue weighted by molar-refractivity contribution is 7.89. The Morgan fingerprint density at radius 3 is 2.24 bits per heavy atom. The van der Waals surface area contributed by atoms with Crippen molar-refractivity contribution in [1.82, 2.24) is 4.72 Å². The van der Waals surface area contributed by atoms with Crippen molar-refractivity contribution < 1.29 is 18.6 Å². The van der Waals surface area contributed by atoms with Gasteiger partial charge in [0.1, 0.15) is 0 Å². The number of aliphatic hydroxyl groups is 2. The highest BCUT2D eigenvalue weighted by Gasteiger charge is 2.30. The van der Waals surface area contributed by atoms with E-state index in [2.05, 4.69) is 4.72 Å². The normalized spacial score (nSPS) is 13.0. The molecule has 5 nitrogen and oxygen atoms in total. The van der Waals surface area contributed by atoms with Crippen LogP contribution in [-0.2, 0) is 10.0 Å². The van der Waals surface area contributed by atoms with Gasteiger partial charge in [-0.3, -0.25) is 0 Å². The molecule has 0 saturated heterocycles. The Bertz CT molecular complexity index is 488. The van der Waals surface area contributed by atoms with Crippen molar-refractivity contribution in [3.63, 3.8) is 0 Å². The van der Waals surface area contributed by atoms with E-state index in [1.165, 1.54) is 18.3 Å². The lowest BCUT2D eigenvalue weighted by Gasteiger charge is -2.25. The number of aryl methyl sites for hydroxylation is 2. The Labute approximate surface area is 105 Å². The minimum absolute atomic E-state index is 0.202. The van der Waals surface area contributed by atoms with E-state index in [1.807, 2.05) is 6.92 Å². The third-order valence-electron chi connectivity index (χ3n) is 2.36. The molecule has 0 amide bonds. The van der Waals surface area contributed by atoms with Crippen LogP contribution in [0.4, 0.5) is 0 Å². The van der Waals surface area contributed by atoms with Gasteiger partial charge in [0, 0.05) is 9.75 Å². The first-order valence-corrected chi connectivity index (χ1v) is 7.37. The molecule has 0 aliphatic carbocycles. The van der Waals surface area contributed by atoms with Gasteiger partial charge in [-0.25, -0.2) is 13.1 Å². The fourth-order valence-electron chi connectivity index (χ4n) is 1.37. The monoisotopic (exact) mass is 279 g/mol. The molecule has 0 saturated carbocycles. The summed E-state index contributed by atoms with van der Waals surface area (Å²) in [4.78, 5) is 1.79. The summed E-state index contributed by atoms with van der Waals surface area (Å²) in [6.07, 6.45) is 0. The molecule has 98 valence electrons. The van der Waals surface area contributed by atoms with E-state index in [0.29, 0.717) is 4.88 Å². The first-order chi connectivity index (χ1) is 7.74. The van der Waals surface area contributed by atoms with Gasteiger partial charge in [0.25, 0.3) is 0 Å². The lowest BCUT2D eigenvalue weighted by atomic mass is 10.1. The maximum Gasteiger partial charge on any atom is 0.242 e. The summed E-state index contributed by atoms with van der Waals surface area (Å²) in [5, 5.41) is 18.2. The Morgan fingerprint density at radius 1 is 1.35 bits per heavy atom. The van der Waals surface area contributed by atoms with Crippen molar-refractivity contribution >= 4 is 21.4 Å². The largest absolute Gasteiger partial charge is 0.394 e. The van der Waals surface area contributed by atoms with Crippen molar-refractivity contribution in [2.24, 2.45) is 0 Å². The van der Waals surface area contributed by atoms with Gasteiger partial charge in [-0.15, -0.1) is 11.3 Å². The molecule has 0 radical (unpaired) electrons. The number of hydrogen-bond acceptors (Lipinski definition) is 5. The molecule has 0 atom stereocenters. The van der Waals surface area contributed by atoms with Crippen LogP contribution in [0.15, 0.2) is 11.0 Å². The molecular formula is C10H17NO4S2. The maximum absolute atomic E-state index is 12.1. The maximum atomic E-state index is 12.1. The second-order valence-corrected chi connectivity index (χ2v) is 7.37. The molecular weight excluding hydrogens is 262 g/mol. The van der Waals surface area contributed by atoms with Gasteiger partial charge in [0.05, 0.1) is 23.6 Å². The third-order valence-corrected chi connectivity index (χ3v) is 5.22. The van der Waals surface area contributed by atoms with Gasteiger partial charge in [-0.2, -0.15) is 0 Å². The van der Waals surface area contributed by atoms with Gasteiger partial charge < -0.3 is 10.2 Å². The van der Waals surface area contributed by atoms with Crippen molar-refractivity contribution in [2.45, 2.75) is 31.2 Å². The lowest BCUT2D eigenvalue weighted by molar-refractivity contribution is 0.122. The van der Waals surface area contributed by atoms with Crippen molar-refractivity contribution in [3.8, 4) is 0 Å². The summed E-state index contributed by atoms with van der Waals surface area (Å²) in [5.74, 6) is 0. The Kier molecular flexibility index (Phi) is 4.32. The Morgan fingerprint density at radius 2 is 1.88 bits per heavy atom. The average Bonchev–Trinajstić information content (AvgIpc) is 2.58. The molecule has 1 aromatic heterocycles. The highest BCUT2D eigenvalue weighted by atomic mass is 32.2. The molecule has 3 N–H and O–H groups in total. The standard InChI is InChI=1S/C10H17NO4S2/c1-7-4-9(8(2)16-7)17(14,15)11-10(3,5-12)6-13/h4,11-13H,5-6H2,1-3H3. The highest BCUT2D eigenvalue weighted by Crippen LogP contribution is 2.25. The molecule has 7 heteroatoms. The van der Waals surface area contributed by atoms with E-state index in [1.54, 1.807) is 13.0 Å². The minimum atomic E-state index is -3.71. The van der Waals surface area contributed by atoms with Crippen LogP contribution in [0.25, 0.3) is 0 Å². The molecule has 1 aromatic rings. The van der Waals surface area contributed by atoms with Crippen molar-refractivity contribution in [2.75, 3.05) is 13.2 Å². The van der Waals surface area contributed by atoms with Crippen LogP contribution in [0.2, 0.25) is 0 Å². The Balaban J connectivity index is 3.09. The summed E-state index contributed by atoms with van der Waals surface area (Å²) in [6, 6.07) is 1.58. The second kappa shape index (κ2) is 5.03. The molecule has 0 aliphatic rings. The fraction of sp³-hybridized carbons (Fsp3) is 0.600. The predicted octanol–water partition coefficient (Wildman–Crippen LogP) is 0.387. The van der Waals surface area contributed by atoms with Crippen LogP contribution < -0.4 is 4.72 Å². The first kappa shape index (κ1) is 14.6. The number of nitrogens with one attached hydrogen (secondary N) is 1. The molecule has 17 heavy (non-hydrogen) atoms. The first-order valence-electron chi connectivity index (χ1n) is 5.07. The Hall–Kier alpha value is -0.470. The number of rotatable bonds is 5. The predicted molar refractivity (Wildman–Crippen MR) is 66.7 cm³/mol. The van der Waals surface area contributed by atoms with E-state index in [9.17, 15) is 8.42 Å². The second-order valence-electron chi connectivity index (χ2n) is 4.26. The zero-order chi connectivity index (χ0) is 13.3.